The van der Waals surface area contributed by atoms with Crippen LogP contribution in [0.4, 0.5) is 8.78 Å². The summed E-state index contributed by atoms with van der Waals surface area (Å²) in [4.78, 5) is 0. The van der Waals surface area contributed by atoms with Crippen LogP contribution in [0.2, 0.25) is 0 Å². The predicted octanol–water partition coefficient (Wildman–Crippen LogP) is 4.09. The van der Waals surface area contributed by atoms with Crippen LogP contribution in [-0.4, -0.2) is 0 Å². The molecule has 0 aliphatic carbocycles. The molecule has 21 heavy (non-hydrogen) atoms. The number of benzene rings is 2. The Hall–Kier alpha value is -1.30. The van der Waals surface area contributed by atoms with Crippen molar-refractivity contribution in [3.05, 3.63) is 68.7 Å². The smallest absolute Gasteiger partial charge is 0.143 e. The van der Waals surface area contributed by atoms with Gasteiger partial charge in [0, 0.05) is 5.56 Å². The summed E-state index contributed by atoms with van der Waals surface area (Å²) in [5, 5.41) is 0. The molecule has 0 fully saturated rings. The molecule has 2 rings (SSSR count). The molecule has 0 bridgehead atoms. The summed E-state index contributed by atoms with van der Waals surface area (Å²) in [6.45, 7) is 3.95. The summed E-state index contributed by atoms with van der Waals surface area (Å²) < 4.78 is 28.2. The van der Waals surface area contributed by atoms with Crippen LogP contribution in [-0.2, 0) is 6.42 Å². The fourth-order valence-electron chi connectivity index (χ4n) is 2.44. The Morgan fingerprint density at radius 3 is 2.33 bits per heavy atom. The molecule has 2 aromatic rings. The van der Waals surface area contributed by atoms with Crippen LogP contribution in [0.15, 0.2) is 34.8 Å². The first-order chi connectivity index (χ1) is 9.92. The Labute approximate surface area is 131 Å². The lowest BCUT2D eigenvalue weighted by Gasteiger charge is -2.19. The lowest BCUT2D eigenvalue weighted by Crippen LogP contribution is -2.30. The number of aryl methyl sites for hydroxylation is 2. The van der Waals surface area contributed by atoms with Crippen molar-refractivity contribution in [3.8, 4) is 0 Å². The van der Waals surface area contributed by atoms with Crippen molar-refractivity contribution in [1.29, 1.82) is 0 Å². The van der Waals surface area contributed by atoms with Gasteiger partial charge in [-0.05, 0) is 53.9 Å². The summed E-state index contributed by atoms with van der Waals surface area (Å²) in [6.07, 6.45) is 0.135. The minimum atomic E-state index is -0.584. The second kappa shape index (κ2) is 6.64. The zero-order valence-electron chi connectivity index (χ0n) is 11.9. The fourth-order valence-corrected chi connectivity index (χ4v) is 2.82. The molecular weight excluding hydrogens is 338 g/mol. The highest BCUT2D eigenvalue weighted by Crippen LogP contribution is 2.27. The summed E-state index contributed by atoms with van der Waals surface area (Å²) >= 11 is 3.08. The number of nitrogens with one attached hydrogen (secondary N) is 1. The van der Waals surface area contributed by atoms with E-state index in [9.17, 15) is 8.78 Å². The van der Waals surface area contributed by atoms with E-state index in [4.69, 9.17) is 5.84 Å². The largest absolute Gasteiger partial charge is 0.271 e. The Morgan fingerprint density at radius 1 is 1.14 bits per heavy atom. The van der Waals surface area contributed by atoms with Crippen molar-refractivity contribution in [2.75, 3.05) is 0 Å². The highest BCUT2D eigenvalue weighted by atomic mass is 79.9. The van der Waals surface area contributed by atoms with E-state index >= 15 is 0 Å². The van der Waals surface area contributed by atoms with Gasteiger partial charge in [-0.2, -0.15) is 0 Å². The van der Waals surface area contributed by atoms with Crippen molar-refractivity contribution in [1.82, 2.24) is 5.43 Å². The summed E-state index contributed by atoms with van der Waals surface area (Å²) in [7, 11) is 0. The van der Waals surface area contributed by atoms with Crippen molar-refractivity contribution >= 4 is 15.9 Å². The fraction of sp³-hybridized carbons (Fsp3) is 0.250. The van der Waals surface area contributed by atoms with Crippen molar-refractivity contribution in [2.24, 2.45) is 5.84 Å². The molecule has 112 valence electrons. The lowest BCUT2D eigenvalue weighted by molar-refractivity contribution is 0.497. The maximum absolute atomic E-state index is 14.1. The highest BCUT2D eigenvalue weighted by molar-refractivity contribution is 9.10. The van der Waals surface area contributed by atoms with E-state index in [0.29, 0.717) is 0 Å². The zero-order chi connectivity index (χ0) is 15.6. The van der Waals surface area contributed by atoms with Crippen molar-refractivity contribution < 1.29 is 8.78 Å². The lowest BCUT2D eigenvalue weighted by atomic mass is 9.96. The number of rotatable bonds is 4. The molecular formula is C16H17BrF2N2. The molecule has 2 nitrogen and oxygen atoms in total. The van der Waals surface area contributed by atoms with Crippen LogP contribution in [0.5, 0.6) is 0 Å². The van der Waals surface area contributed by atoms with Gasteiger partial charge >= 0.3 is 0 Å². The standard InChI is InChI=1S/C16H17BrF2N2/c1-9-5-10(2)7-11(6-9)15(21-20)8-12-14(18)4-3-13(17)16(12)19/h3-7,15,21H,8,20H2,1-2H3. The highest BCUT2D eigenvalue weighted by Gasteiger charge is 2.18. The minimum absolute atomic E-state index is 0.0199. The third kappa shape index (κ3) is 3.67. The van der Waals surface area contributed by atoms with Crippen LogP contribution < -0.4 is 11.3 Å². The number of hydrogen-bond donors (Lipinski definition) is 2. The van der Waals surface area contributed by atoms with Gasteiger partial charge in [0.2, 0.25) is 0 Å². The Bertz CT molecular complexity index is 639. The molecule has 0 radical (unpaired) electrons. The quantitative estimate of drug-likeness (QED) is 0.493. The predicted molar refractivity (Wildman–Crippen MR) is 83.7 cm³/mol. The van der Waals surface area contributed by atoms with E-state index in [0.717, 1.165) is 16.7 Å². The molecule has 0 heterocycles. The van der Waals surface area contributed by atoms with Gasteiger partial charge in [0.1, 0.15) is 11.6 Å². The maximum Gasteiger partial charge on any atom is 0.143 e. The summed E-state index contributed by atoms with van der Waals surface area (Å²) in [6, 6.07) is 8.21. The van der Waals surface area contributed by atoms with E-state index in [1.165, 1.54) is 12.1 Å². The van der Waals surface area contributed by atoms with Gasteiger partial charge in [0.15, 0.2) is 0 Å². The molecule has 3 N–H and O–H groups in total. The first-order valence-corrected chi connectivity index (χ1v) is 7.38. The van der Waals surface area contributed by atoms with Crippen molar-refractivity contribution in [2.45, 2.75) is 26.3 Å². The topological polar surface area (TPSA) is 38.0 Å². The first-order valence-electron chi connectivity index (χ1n) is 6.59. The van der Waals surface area contributed by atoms with Gasteiger partial charge in [0.25, 0.3) is 0 Å². The zero-order valence-corrected chi connectivity index (χ0v) is 13.5. The molecule has 0 aliphatic rings. The van der Waals surface area contributed by atoms with Crippen LogP contribution >= 0.6 is 15.9 Å². The van der Waals surface area contributed by atoms with Gasteiger partial charge < -0.3 is 0 Å². The second-order valence-corrected chi connectivity index (χ2v) is 6.02. The average molecular weight is 355 g/mol. The minimum Gasteiger partial charge on any atom is -0.271 e. The first kappa shape index (κ1) is 16.1. The normalized spacial score (nSPS) is 12.5. The number of halogens is 3. The monoisotopic (exact) mass is 354 g/mol. The Balaban J connectivity index is 2.38. The van der Waals surface area contributed by atoms with Crippen molar-refractivity contribution in [3.63, 3.8) is 0 Å². The molecule has 0 spiro atoms. The molecule has 0 aromatic heterocycles. The van der Waals surface area contributed by atoms with Gasteiger partial charge in [-0.1, -0.05) is 29.3 Å². The van der Waals surface area contributed by atoms with Crippen LogP contribution in [0.25, 0.3) is 0 Å². The summed E-state index contributed by atoms with van der Waals surface area (Å²) in [5.74, 6) is 4.43. The van der Waals surface area contributed by atoms with E-state index in [2.05, 4.69) is 21.4 Å². The molecule has 0 saturated carbocycles. The number of hydrazine groups is 1. The van der Waals surface area contributed by atoms with Crippen LogP contribution in [0.3, 0.4) is 0 Å². The molecule has 5 heteroatoms. The Kier molecular flexibility index (Phi) is 5.08. The number of nitrogens with two attached hydrogens (primary N) is 1. The summed E-state index contributed by atoms with van der Waals surface area (Å²) in [5.41, 5.74) is 5.74. The van der Waals surface area contributed by atoms with Gasteiger partial charge in [0.05, 0.1) is 10.5 Å². The average Bonchev–Trinajstić information content (AvgIpc) is 2.42. The molecule has 0 aliphatic heterocycles. The van der Waals surface area contributed by atoms with E-state index in [1.54, 1.807) is 0 Å². The SMILES string of the molecule is Cc1cc(C)cc(C(Cc2c(F)ccc(Br)c2F)NN)c1. The van der Waals surface area contributed by atoms with E-state index < -0.39 is 11.6 Å². The van der Waals surface area contributed by atoms with E-state index in [-0.39, 0.29) is 22.5 Å². The third-order valence-electron chi connectivity index (χ3n) is 3.39. The third-order valence-corrected chi connectivity index (χ3v) is 4.01. The van der Waals surface area contributed by atoms with Gasteiger partial charge in [-0.3, -0.25) is 11.3 Å². The molecule has 1 atom stereocenters. The molecule has 0 saturated heterocycles. The second-order valence-electron chi connectivity index (χ2n) is 5.17. The maximum atomic E-state index is 14.1. The molecule has 2 aromatic carbocycles. The van der Waals surface area contributed by atoms with Crippen LogP contribution in [0.1, 0.15) is 28.3 Å². The van der Waals surface area contributed by atoms with E-state index in [1.807, 2.05) is 32.0 Å². The molecule has 0 amide bonds. The van der Waals surface area contributed by atoms with Gasteiger partial charge in [-0.15, -0.1) is 0 Å². The van der Waals surface area contributed by atoms with Gasteiger partial charge in [-0.25, -0.2) is 8.78 Å². The molecule has 1 unspecified atom stereocenters. The van der Waals surface area contributed by atoms with Crippen LogP contribution in [0, 0.1) is 25.5 Å². The Morgan fingerprint density at radius 2 is 1.76 bits per heavy atom. The number of hydrogen-bond acceptors (Lipinski definition) is 2.